The van der Waals surface area contributed by atoms with E-state index in [0.717, 1.165) is 0 Å². The second-order valence-electron chi connectivity index (χ2n) is 5.06. The topological polar surface area (TPSA) is 55.4 Å². The minimum Gasteiger partial charge on any atom is -0.497 e. The Kier molecular flexibility index (Phi) is 4.53. The van der Waals surface area contributed by atoms with Gasteiger partial charge in [0.05, 0.1) is 12.0 Å². The first kappa shape index (κ1) is 15.4. The summed E-state index contributed by atoms with van der Waals surface area (Å²) in [4.78, 5) is 0.205. The third-order valence-electron chi connectivity index (χ3n) is 3.20. The highest BCUT2D eigenvalue weighted by atomic mass is 32.2. The van der Waals surface area contributed by atoms with E-state index in [1.807, 2.05) is 12.1 Å². The Labute approximate surface area is 125 Å². The number of rotatable bonds is 5. The zero-order valence-corrected chi connectivity index (χ0v) is 13.1. The third-order valence-corrected chi connectivity index (χ3v) is 4.60. The number of benzene rings is 2. The van der Waals surface area contributed by atoms with Crippen molar-refractivity contribution >= 4 is 15.7 Å². The molecule has 0 fully saturated rings. The molecule has 1 N–H and O–H groups in total. The molecule has 0 radical (unpaired) electrons. The summed E-state index contributed by atoms with van der Waals surface area (Å²) in [5.74, 6) is 1.03. The molecule has 0 spiro atoms. The summed E-state index contributed by atoms with van der Waals surface area (Å²) in [6.07, 6.45) is 0. The normalized spacial score (nSPS) is 11.4. The molecule has 0 aliphatic heterocycles. The maximum absolute atomic E-state index is 12.3. The minimum atomic E-state index is -3.58. The summed E-state index contributed by atoms with van der Waals surface area (Å²) in [5, 5.41) is 0. The molecule has 0 bridgehead atoms. The van der Waals surface area contributed by atoms with E-state index in [9.17, 15) is 8.42 Å². The quantitative estimate of drug-likeness (QED) is 0.918. The van der Waals surface area contributed by atoms with E-state index < -0.39 is 10.0 Å². The molecule has 0 aromatic heterocycles. The molecule has 0 unspecified atom stereocenters. The SMILES string of the molecule is COc1ccc(S(=O)(=O)Nc2ccc(C(C)C)cc2)cc1. The van der Waals surface area contributed by atoms with E-state index >= 15 is 0 Å². The minimum absolute atomic E-state index is 0.205. The zero-order chi connectivity index (χ0) is 15.5. The lowest BCUT2D eigenvalue weighted by atomic mass is 10.0. The monoisotopic (exact) mass is 305 g/mol. The van der Waals surface area contributed by atoms with Crippen molar-refractivity contribution in [2.24, 2.45) is 0 Å². The van der Waals surface area contributed by atoms with Gasteiger partial charge >= 0.3 is 0 Å². The number of methoxy groups -OCH3 is 1. The molecule has 21 heavy (non-hydrogen) atoms. The number of hydrogen-bond acceptors (Lipinski definition) is 3. The number of hydrogen-bond donors (Lipinski definition) is 1. The van der Waals surface area contributed by atoms with E-state index in [-0.39, 0.29) is 4.90 Å². The van der Waals surface area contributed by atoms with E-state index in [4.69, 9.17) is 4.74 Å². The third kappa shape index (κ3) is 3.76. The standard InChI is InChI=1S/C16H19NO3S/c1-12(2)13-4-6-14(7-5-13)17-21(18,19)16-10-8-15(20-3)9-11-16/h4-12,17H,1-3H3. The molecule has 2 rings (SSSR count). The summed E-state index contributed by atoms with van der Waals surface area (Å²) < 4.78 is 32.1. The van der Waals surface area contributed by atoms with Gasteiger partial charge < -0.3 is 4.74 Å². The molecule has 0 heterocycles. The Morgan fingerprint density at radius 3 is 2.00 bits per heavy atom. The van der Waals surface area contributed by atoms with Crippen LogP contribution in [-0.2, 0) is 10.0 Å². The van der Waals surface area contributed by atoms with Crippen molar-refractivity contribution in [2.75, 3.05) is 11.8 Å². The van der Waals surface area contributed by atoms with Gasteiger partial charge in [0, 0.05) is 5.69 Å². The van der Waals surface area contributed by atoms with Crippen LogP contribution in [0.25, 0.3) is 0 Å². The molecule has 2 aromatic carbocycles. The maximum Gasteiger partial charge on any atom is 0.261 e. The molecule has 2 aromatic rings. The summed E-state index contributed by atoms with van der Waals surface area (Å²) in [6, 6.07) is 13.7. The molecule has 4 nitrogen and oxygen atoms in total. The number of nitrogens with one attached hydrogen (secondary N) is 1. The Morgan fingerprint density at radius 2 is 1.52 bits per heavy atom. The number of ether oxygens (including phenoxy) is 1. The molecular weight excluding hydrogens is 286 g/mol. The Balaban J connectivity index is 2.19. The van der Waals surface area contributed by atoms with Gasteiger partial charge in [-0.1, -0.05) is 26.0 Å². The first-order valence-corrected chi connectivity index (χ1v) is 8.17. The summed E-state index contributed by atoms with van der Waals surface area (Å²) >= 11 is 0. The lowest BCUT2D eigenvalue weighted by Gasteiger charge is -2.10. The fourth-order valence-corrected chi connectivity index (χ4v) is 2.96. The Hall–Kier alpha value is -2.01. The van der Waals surface area contributed by atoms with E-state index in [0.29, 0.717) is 17.4 Å². The van der Waals surface area contributed by atoms with E-state index in [2.05, 4.69) is 18.6 Å². The summed E-state index contributed by atoms with van der Waals surface area (Å²) in [7, 11) is -2.04. The first-order chi connectivity index (χ1) is 9.92. The Morgan fingerprint density at radius 1 is 0.952 bits per heavy atom. The van der Waals surface area contributed by atoms with Gasteiger partial charge in [-0.25, -0.2) is 8.42 Å². The molecule has 112 valence electrons. The van der Waals surface area contributed by atoms with Crippen molar-refractivity contribution in [3.63, 3.8) is 0 Å². The summed E-state index contributed by atoms with van der Waals surface area (Å²) in [6.45, 7) is 4.19. The van der Waals surface area contributed by atoms with Crippen LogP contribution in [0.1, 0.15) is 25.3 Å². The van der Waals surface area contributed by atoms with Crippen LogP contribution in [0.15, 0.2) is 53.4 Å². The van der Waals surface area contributed by atoms with Crippen LogP contribution in [0.5, 0.6) is 5.75 Å². The van der Waals surface area contributed by atoms with Gasteiger partial charge in [-0.15, -0.1) is 0 Å². The van der Waals surface area contributed by atoms with Gasteiger partial charge in [0.2, 0.25) is 0 Å². The largest absolute Gasteiger partial charge is 0.497 e. The lowest BCUT2D eigenvalue weighted by Crippen LogP contribution is -2.12. The van der Waals surface area contributed by atoms with Crippen molar-refractivity contribution in [1.82, 2.24) is 0 Å². The van der Waals surface area contributed by atoms with Gasteiger partial charge in [-0.05, 0) is 47.9 Å². The van der Waals surface area contributed by atoms with Crippen molar-refractivity contribution in [3.8, 4) is 5.75 Å². The van der Waals surface area contributed by atoms with Crippen LogP contribution in [0.4, 0.5) is 5.69 Å². The lowest BCUT2D eigenvalue weighted by molar-refractivity contribution is 0.414. The van der Waals surface area contributed by atoms with Gasteiger partial charge in [-0.3, -0.25) is 4.72 Å². The summed E-state index contributed by atoms with van der Waals surface area (Å²) in [5.41, 5.74) is 1.72. The van der Waals surface area contributed by atoms with Crippen LogP contribution in [0, 0.1) is 0 Å². The molecule has 0 aliphatic rings. The highest BCUT2D eigenvalue weighted by Crippen LogP contribution is 2.21. The maximum atomic E-state index is 12.3. The predicted octanol–water partition coefficient (Wildman–Crippen LogP) is 3.62. The van der Waals surface area contributed by atoms with Crippen LogP contribution < -0.4 is 9.46 Å². The highest BCUT2D eigenvalue weighted by molar-refractivity contribution is 7.92. The van der Waals surface area contributed by atoms with Crippen molar-refractivity contribution in [1.29, 1.82) is 0 Å². The zero-order valence-electron chi connectivity index (χ0n) is 12.3. The van der Waals surface area contributed by atoms with Crippen LogP contribution in [0.3, 0.4) is 0 Å². The highest BCUT2D eigenvalue weighted by Gasteiger charge is 2.14. The fourth-order valence-electron chi connectivity index (χ4n) is 1.91. The molecule has 0 saturated carbocycles. The molecule has 0 saturated heterocycles. The average molecular weight is 305 g/mol. The van der Waals surface area contributed by atoms with Crippen LogP contribution in [0.2, 0.25) is 0 Å². The van der Waals surface area contributed by atoms with Gasteiger partial charge in [0.15, 0.2) is 0 Å². The number of sulfonamides is 1. The second kappa shape index (κ2) is 6.18. The average Bonchev–Trinajstić information content (AvgIpc) is 2.47. The van der Waals surface area contributed by atoms with E-state index in [1.165, 1.54) is 24.8 Å². The van der Waals surface area contributed by atoms with E-state index in [1.54, 1.807) is 24.3 Å². The second-order valence-corrected chi connectivity index (χ2v) is 6.74. The van der Waals surface area contributed by atoms with Crippen molar-refractivity contribution in [2.45, 2.75) is 24.7 Å². The molecule has 5 heteroatoms. The van der Waals surface area contributed by atoms with Gasteiger partial charge in [0.25, 0.3) is 10.0 Å². The van der Waals surface area contributed by atoms with Crippen LogP contribution in [-0.4, -0.2) is 15.5 Å². The fraction of sp³-hybridized carbons (Fsp3) is 0.250. The van der Waals surface area contributed by atoms with Crippen molar-refractivity contribution < 1.29 is 13.2 Å². The predicted molar refractivity (Wildman–Crippen MR) is 84.3 cm³/mol. The van der Waals surface area contributed by atoms with Crippen molar-refractivity contribution in [3.05, 3.63) is 54.1 Å². The smallest absolute Gasteiger partial charge is 0.261 e. The van der Waals surface area contributed by atoms with Gasteiger partial charge in [0.1, 0.15) is 5.75 Å². The molecule has 0 amide bonds. The number of anilines is 1. The molecule has 0 aliphatic carbocycles. The van der Waals surface area contributed by atoms with Crippen LogP contribution >= 0.6 is 0 Å². The molecular formula is C16H19NO3S. The van der Waals surface area contributed by atoms with Gasteiger partial charge in [-0.2, -0.15) is 0 Å². The first-order valence-electron chi connectivity index (χ1n) is 6.69. The Bertz CT molecular complexity index is 689. The molecule has 0 atom stereocenters.